The van der Waals surface area contributed by atoms with Crippen molar-refractivity contribution in [3.63, 3.8) is 0 Å². The van der Waals surface area contributed by atoms with Gasteiger partial charge in [-0.25, -0.2) is 15.4 Å². The number of benzene rings is 1. The van der Waals surface area contributed by atoms with E-state index in [2.05, 4.69) is 26.0 Å². The van der Waals surface area contributed by atoms with E-state index >= 15 is 0 Å². The van der Waals surface area contributed by atoms with Gasteiger partial charge < -0.3 is 20.8 Å². The number of aromatic nitrogens is 2. The Bertz CT molecular complexity index is 1270. The fourth-order valence-corrected chi connectivity index (χ4v) is 3.19. The van der Waals surface area contributed by atoms with Crippen LogP contribution in [0.2, 0.25) is 0 Å². The van der Waals surface area contributed by atoms with Crippen LogP contribution in [0.5, 0.6) is 0 Å². The molecular formula is C22H20F3N7O3. The average Bonchev–Trinajstić information content (AvgIpc) is 3.46. The Hall–Kier alpha value is -4.39. The van der Waals surface area contributed by atoms with Crippen molar-refractivity contribution in [2.45, 2.75) is 19.1 Å². The Balaban J connectivity index is 1.49. The van der Waals surface area contributed by atoms with Crippen molar-refractivity contribution >= 4 is 23.3 Å². The number of rotatable bonds is 7. The van der Waals surface area contributed by atoms with E-state index in [9.17, 15) is 22.8 Å². The maximum atomic E-state index is 12.8. The lowest BCUT2D eigenvalue weighted by molar-refractivity contribution is -0.119. The Morgan fingerprint density at radius 2 is 1.97 bits per heavy atom. The molecule has 0 radical (unpaired) electrons. The standard InChI is InChI=1S/C22H20F3N7O3/c1-12-2-4-14(5-3-12)32-9-15(18(31-32)19(26)33)29-20(34)16-10-35-21(30-16)13-6-7-27-17(8-13)28-11-22(23,24)25/h2-10,18,31H,11H2,1H3,(H2,26,33)(H,27,28)(H,29,34). The van der Waals surface area contributed by atoms with Crippen LogP contribution in [-0.4, -0.2) is 40.5 Å². The van der Waals surface area contributed by atoms with Gasteiger partial charge in [0.25, 0.3) is 5.91 Å². The minimum atomic E-state index is -4.41. The summed E-state index contributed by atoms with van der Waals surface area (Å²) >= 11 is 0. The fraction of sp³-hybridized carbons (Fsp3) is 0.182. The van der Waals surface area contributed by atoms with Crippen LogP contribution < -0.4 is 26.8 Å². The lowest BCUT2D eigenvalue weighted by atomic mass is 10.2. The van der Waals surface area contributed by atoms with Gasteiger partial charge in [-0.15, -0.1) is 0 Å². The molecule has 3 heterocycles. The summed E-state index contributed by atoms with van der Waals surface area (Å²) in [6.45, 7) is 0.680. The van der Waals surface area contributed by atoms with Gasteiger partial charge in [0.1, 0.15) is 24.7 Å². The van der Waals surface area contributed by atoms with Gasteiger partial charge >= 0.3 is 6.18 Å². The summed E-state index contributed by atoms with van der Waals surface area (Å²) in [5.74, 6) is -1.41. The summed E-state index contributed by atoms with van der Waals surface area (Å²) in [6.07, 6.45) is -0.508. The molecular weight excluding hydrogens is 467 g/mol. The smallest absolute Gasteiger partial charge is 0.405 e. The number of nitrogens with zero attached hydrogens (tertiary/aromatic N) is 3. The van der Waals surface area contributed by atoms with Gasteiger partial charge in [-0.05, 0) is 31.2 Å². The molecule has 0 aliphatic carbocycles. The summed E-state index contributed by atoms with van der Waals surface area (Å²) < 4.78 is 42.6. The SMILES string of the molecule is Cc1ccc(N2C=C(NC(=O)c3coc(-c4ccnc(NCC(F)(F)F)c4)n3)C(C(N)=O)N2)cc1. The third-order valence-electron chi connectivity index (χ3n) is 4.92. The van der Waals surface area contributed by atoms with Gasteiger partial charge in [0.15, 0.2) is 5.69 Å². The highest BCUT2D eigenvalue weighted by Gasteiger charge is 2.31. The van der Waals surface area contributed by atoms with Gasteiger partial charge in [-0.1, -0.05) is 17.7 Å². The van der Waals surface area contributed by atoms with Crippen LogP contribution in [0.25, 0.3) is 11.5 Å². The van der Waals surface area contributed by atoms with Crippen LogP contribution in [0.15, 0.2) is 65.2 Å². The monoisotopic (exact) mass is 487 g/mol. The highest BCUT2D eigenvalue weighted by Crippen LogP contribution is 2.23. The summed E-state index contributed by atoms with van der Waals surface area (Å²) in [7, 11) is 0. The number of aryl methyl sites for hydroxylation is 1. The molecule has 1 unspecified atom stereocenters. The van der Waals surface area contributed by atoms with Crippen molar-refractivity contribution in [1.29, 1.82) is 0 Å². The Kier molecular flexibility index (Phi) is 6.42. The molecule has 0 bridgehead atoms. The van der Waals surface area contributed by atoms with E-state index in [4.69, 9.17) is 10.2 Å². The number of amides is 2. The maximum absolute atomic E-state index is 12.8. The number of halogens is 3. The number of anilines is 2. The van der Waals surface area contributed by atoms with Crippen molar-refractivity contribution in [3.8, 4) is 11.5 Å². The second kappa shape index (κ2) is 9.46. The van der Waals surface area contributed by atoms with E-state index in [1.54, 1.807) is 5.01 Å². The van der Waals surface area contributed by atoms with Crippen molar-refractivity contribution in [1.82, 2.24) is 20.7 Å². The largest absolute Gasteiger partial charge is 0.444 e. The molecule has 5 N–H and O–H groups in total. The molecule has 1 aliphatic rings. The van der Waals surface area contributed by atoms with E-state index < -0.39 is 30.6 Å². The molecule has 182 valence electrons. The van der Waals surface area contributed by atoms with Crippen LogP contribution in [0, 0.1) is 6.92 Å². The molecule has 0 saturated heterocycles. The van der Waals surface area contributed by atoms with Crippen LogP contribution in [0.4, 0.5) is 24.7 Å². The van der Waals surface area contributed by atoms with Crippen molar-refractivity contribution in [3.05, 3.63) is 72.0 Å². The van der Waals surface area contributed by atoms with Crippen LogP contribution in [0.1, 0.15) is 16.1 Å². The number of alkyl halides is 3. The zero-order valence-electron chi connectivity index (χ0n) is 18.3. The number of carbonyl (C=O) groups excluding carboxylic acids is 2. The zero-order valence-corrected chi connectivity index (χ0v) is 18.3. The Morgan fingerprint density at radius 1 is 1.23 bits per heavy atom. The van der Waals surface area contributed by atoms with E-state index in [-0.39, 0.29) is 23.1 Å². The highest BCUT2D eigenvalue weighted by atomic mass is 19.4. The van der Waals surface area contributed by atoms with Crippen LogP contribution in [0.3, 0.4) is 0 Å². The number of primary amides is 1. The number of hydrogen-bond donors (Lipinski definition) is 4. The maximum Gasteiger partial charge on any atom is 0.405 e. The first kappa shape index (κ1) is 23.8. The molecule has 4 rings (SSSR count). The highest BCUT2D eigenvalue weighted by molar-refractivity contribution is 5.95. The Morgan fingerprint density at radius 3 is 2.66 bits per heavy atom. The zero-order chi connectivity index (χ0) is 25.2. The summed E-state index contributed by atoms with van der Waals surface area (Å²) in [4.78, 5) is 32.6. The van der Waals surface area contributed by atoms with E-state index in [0.717, 1.165) is 17.5 Å². The second-order valence-electron chi connectivity index (χ2n) is 7.64. The van der Waals surface area contributed by atoms with E-state index in [0.29, 0.717) is 5.56 Å². The quantitative estimate of drug-likeness (QED) is 0.399. The van der Waals surface area contributed by atoms with Crippen molar-refractivity contribution in [2.75, 3.05) is 16.9 Å². The number of oxazole rings is 1. The first-order valence-electron chi connectivity index (χ1n) is 10.3. The van der Waals surface area contributed by atoms with E-state index in [1.807, 2.05) is 31.2 Å². The van der Waals surface area contributed by atoms with Gasteiger partial charge in [0.2, 0.25) is 11.8 Å². The van der Waals surface area contributed by atoms with Crippen LogP contribution in [-0.2, 0) is 4.79 Å². The molecule has 0 saturated carbocycles. The van der Waals surface area contributed by atoms with Crippen molar-refractivity contribution < 1.29 is 27.2 Å². The van der Waals surface area contributed by atoms with E-state index in [1.165, 1.54) is 24.5 Å². The second-order valence-corrected chi connectivity index (χ2v) is 7.64. The van der Waals surface area contributed by atoms with Gasteiger partial charge in [0.05, 0.1) is 11.4 Å². The number of carbonyl (C=O) groups is 2. The summed E-state index contributed by atoms with van der Waals surface area (Å²) in [6, 6.07) is 9.23. The fourth-order valence-electron chi connectivity index (χ4n) is 3.19. The summed E-state index contributed by atoms with van der Waals surface area (Å²) in [5.41, 5.74) is 10.6. The molecule has 35 heavy (non-hydrogen) atoms. The normalized spacial score (nSPS) is 15.6. The summed E-state index contributed by atoms with van der Waals surface area (Å²) in [5, 5.41) is 6.32. The lowest BCUT2D eigenvalue weighted by Crippen LogP contribution is -2.47. The number of nitrogens with two attached hydrogens (primary N) is 1. The predicted molar refractivity (Wildman–Crippen MR) is 120 cm³/mol. The minimum absolute atomic E-state index is 0.00105. The minimum Gasteiger partial charge on any atom is -0.444 e. The molecule has 0 spiro atoms. The topological polar surface area (TPSA) is 138 Å². The first-order chi connectivity index (χ1) is 16.6. The molecule has 1 aliphatic heterocycles. The molecule has 13 heteroatoms. The van der Waals surface area contributed by atoms with Crippen LogP contribution >= 0.6 is 0 Å². The third kappa shape index (κ3) is 5.76. The number of nitrogens with one attached hydrogen (secondary N) is 3. The first-order valence-corrected chi connectivity index (χ1v) is 10.3. The molecule has 3 aromatic rings. The molecule has 0 fully saturated rings. The van der Waals surface area contributed by atoms with Gasteiger partial charge in [-0.2, -0.15) is 13.2 Å². The Labute approximate surface area is 197 Å². The average molecular weight is 487 g/mol. The third-order valence-corrected chi connectivity index (χ3v) is 4.92. The predicted octanol–water partition coefficient (Wildman–Crippen LogP) is 2.47. The number of hydrogen-bond acceptors (Lipinski definition) is 8. The number of pyridine rings is 1. The number of hydrazine groups is 1. The molecule has 1 atom stereocenters. The van der Waals surface area contributed by atoms with Crippen molar-refractivity contribution in [2.24, 2.45) is 5.73 Å². The van der Waals surface area contributed by atoms with Gasteiger partial charge in [-0.3, -0.25) is 14.6 Å². The lowest BCUT2D eigenvalue weighted by Gasteiger charge is -2.18. The van der Waals surface area contributed by atoms with Gasteiger partial charge in [0, 0.05) is 18.0 Å². The molecule has 10 nitrogen and oxygen atoms in total. The molecule has 2 aromatic heterocycles. The molecule has 1 aromatic carbocycles. The molecule has 2 amide bonds.